The summed E-state index contributed by atoms with van der Waals surface area (Å²) in [6.07, 6.45) is 7.86. The van der Waals surface area contributed by atoms with E-state index in [2.05, 4.69) is 20.4 Å². The molecule has 0 unspecified atom stereocenters. The number of nitrogens with one attached hydrogen (secondary N) is 2. The number of nitrogens with zero attached hydrogens (tertiary/aromatic N) is 2. The maximum absolute atomic E-state index is 12.1. The Labute approximate surface area is 130 Å². The summed E-state index contributed by atoms with van der Waals surface area (Å²) in [5, 5.41) is 9.62. The second-order valence-corrected chi connectivity index (χ2v) is 6.47. The molecule has 6 nitrogen and oxygen atoms in total. The summed E-state index contributed by atoms with van der Waals surface area (Å²) in [7, 11) is 0. The fourth-order valence-electron chi connectivity index (χ4n) is 3.53. The van der Waals surface area contributed by atoms with Crippen LogP contribution >= 0.6 is 0 Å². The Bertz CT molecular complexity index is 545. The van der Waals surface area contributed by atoms with Gasteiger partial charge in [0.05, 0.1) is 0 Å². The molecule has 0 spiro atoms. The summed E-state index contributed by atoms with van der Waals surface area (Å²) < 4.78 is 0. The zero-order valence-electron chi connectivity index (χ0n) is 12.9. The van der Waals surface area contributed by atoms with E-state index < -0.39 is 0 Å². The molecule has 1 amide bonds. The Hall–Kier alpha value is -1.85. The Kier molecular flexibility index (Phi) is 4.75. The molecule has 1 atom stereocenters. The van der Waals surface area contributed by atoms with Crippen molar-refractivity contribution >= 4 is 11.7 Å². The second kappa shape index (κ2) is 6.94. The van der Waals surface area contributed by atoms with Gasteiger partial charge in [0, 0.05) is 31.6 Å². The lowest BCUT2D eigenvalue weighted by Crippen LogP contribution is -2.37. The van der Waals surface area contributed by atoms with E-state index in [-0.39, 0.29) is 17.5 Å². The van der Waals surface area contributed by atoms with Crippen LogP contribution in [0.5, 0.6) is 0 Å². The number of hydrogen-bond donors (Lipinski definition) is 2. The third-order valence-electron chi connectivity index (χ3n) is 4.80. The lowest BCUT2D eigenvalue weighted by molar-refractivity contribution is -0.121. The van der Waals surface area contributed by atoms with Crippen molar-refractivity contribution in [3.8, 4) is 0 Å². The molecule has 22 heavy (non-hydrogen) atoms. The zero-order valence-corrected chi connectivity index (χ0v) is 12.9. The largest absolute Gasteiger partial charge is 0.353 e. The summed E-state index contributed by atoms with van der Waals surface area (Å²) in [4.78, 5) is 25.2. The highest BCUT2D eigenvalue weighted by Crippen LogP contribution is 2.28. The van der Waals surface area contributed by atoms with E-state index in [0.717, 1.165) is 37.7 Å². The van der Waals surface area contributed by atoms with Gasteiger partial charge in [0.2, 0.25) is 5.91 Å². The van der Waals surface area contributed by atoms with Crippen molar-refractivity contribution in [3.05, 3.63) is 22.5 Å². The predicted molar refractivity (Wildman–Crippen MR) is 84.8 cm³/mol. The van der Waals surface area contributed by atoms with Crippen LogP contribution in [0, 0.1) is 5.92 Å². The van der Waals surface area contributed by atoms with Gasteiger partial charge in [0.25, 0.3) is 5.56 Å². The van der Waals surface area contributed by atoms with Gasteiger partial charge in [-0.1, -0.05) is 25.7 Å². The molecule has 2 N–H and O–H groups in total. The SMILES string of the molecule is O=C(CCC1CCCC1)N[C@H]1CCN(c2ccc(=O)[nH]n2)C1. The Morgan fingerprint density at radius 1 is 1.32 bits per heavy atom. The first-order chi connectivity index (χ1) is 10.7. The van der Waals surface area contributed by atoms with Crippen molar-refractivity contribution in [2.75, 3.05) is 18.0 Å². The number of amides is 1. The van der Waals surface area contributed by atoms with E-state index in [9.17, 15) is 9.59 Å². The first-order valence-electron chi connectivity index (χ1n) is 8.31. The minimum absolute atomic E-state index is 0.174. The van der Waals surface area contributed by atoms with Gasteiger partial charge in [-0.15, -0.1) is 0 Å². The van der Waals surface area contributed by atoms with Crippen molar-refractivity contribution in [3.63, 3.8) is 0 Å². The summed E-state index contributed by atoms with van der Waals surface area (Å²) >= 11 is 0. The number of rotatable bonds is 5. The van der Waals surface area contributed by atoms with Crippen LogP contribution in [0.3, 0.4) is 0 Å². The Morgan fingerprint density at radius 3 is 2.86 bits per heavy atom. The van der Waals surface area contributed by atoms with E-state index in [4.69, 9.17) is 0 Å². The van der Waals surface area contributed by atoms with Gasteiger partial charge in [0.1, 0.15) is 5.82 Å². The quantitative estimate of drug-likeness (QED) is 0.863. The minimum atomic E-state index is -0.195. The second-order valence-electron chi connectivity index (χ2n) is 6.47. The van der Waals surface area contributed by atoms with Crippen LogP contribution in [0.15, 0.2) is 16.9 Å². The lowest BCUT2D eigenvalue weighted by Gasteiger charge is -2.17. The molecule has 1 saturated heterocycles. The molecule has 1 aromatic rings. The highest BCUT2D eigenvalue weighted by atomic mass is 16.1. The van der Waals surface area contributed by atoms with Crippen LogP contribution in [0.4, 0.5) is 5.82 Å². The number of H-pyrrole nitrogens is 1. The molecule has 2 aliphatic rings. The van der Waals surface area contributed by atoms with Crippen molar-refractivity contribution in [1.82, 2.24) is 15.5 Å². The van der Waals surface area contributed by atoms with E-state index in [1.165, 1.54) is 31.7 Å². The van der Waals surface area contributed by atoms with Crippen LogP contribution in [-0.4, -0.2) is 35.2 Å². The van der Waals surface area contributed by atoms with E-state index in [1.807, 2.05) is 0 Å². The molecular formula is C16H24N4O2. The first kappa shape index (κ1) is 15.1. The Morgan fingerprint density at radius 2 is 2.14 bits per heavy atom. The molecule has 1 aliphatic carbocycles. The monoisotopic (exact) mass is 304 g/mol. The minimum Gasteiger partial charge on any atom is -0.353 e. The lowest BCUT2D eigenvalue weighted by atomic mass is 10.0. The smallest absolute Gasteiger partial charge is 0.264 e. The third kappa shape index (κ3) is 3.87. The predicted octanol–water partition coefficient (Wildman–Crippen LogP) is 1.44. The van der Waals surface area contributed by atoms with Crippen LogP contribution in [-0.2, 0) is 4.79 Å². The highest BCUT2D eigenvalue weighted by molar-refractivity contribution is 5.76. The highest BCUT2D eigenvalue weighted by Gasteiger charge is 2.25. The molecule has 0 radical (unpaired) electrons. The van der Waals surface area contributed by atoms with E-state index >= 15 is 0 Å². The molecule has 120 valence electrons. The molecule has 1 saturated carbocycles. The summed E-state index contributed by atoms with van der Waals surface area (Å²) in [6, 6.07) is 3.39. The van der Waals surface area contributed by atoms with E-state index in [1.54, 1.807) is 6.07 Å². The van der Waals surface area contributed by atoms with Gasteiger partial charge < -0.3 is 10.2 Å². The van der Waals surface area contributed by atoms with Crippen molar-refractivity contribution < 1.29 is 4.79 Å². The fourth-order valence-corrected chi connectivity index (χ4v) is 3.53. The van der Waals surface area contributed by atoms with Crippen LogP contribution in [0.2, 0.25) is 0 Å². The zero-order chi connectivity index (χ0) is 15.4. The maximum atomic E-state index is 12.1. The molecule has 3 rings (SSSR count). The molecule has 1 aromatic heterocycles. The molecule has 0 aromatic carbocycles. The van der Waals surface area contributed by atoms with Crippen LogP contribution in [0.1, 0.15) is 44.9 Å². The summed E-state index contributed by atoms with van der Waals surface area (Å²) in [5.41, 5.74) is -0.195. The topological polar surface area (TPSA) is 78.1 Å². The number of anilines is 1. The number of aromatic amines is 1. The average Bonchev–Trinajstić information content (AvgIpc) is 3.17. The van der Waals surface area contributed by atoms with Gasteiger partial charge >= 0.3 is 0 Å². The molecule has 1 aliphatic heterocycles. The first-order valence-corrected chi connectivity index (χ1v) is 8.31. The average molecular weight is 304 g/mol. The number of carbonyl (C=O) groups excluding carboxylic acids is 1. The molecule has 2 fully saturated rings. The fraction of sp³-hybridized carbons (Fsp3) is 0.688. The molecule has 0 bridgehead atoms. The maximum Gasteiger partial charge on any atom is 0.264 e. The molecule has 6 heteroatoms. The number of hydrogen-bond acceptors (Lipinski definition) is 4. The standard InChI is InChI=1S/C16H24N4O2/c21-15(7-5-12-3-1-2-4-12)17-13-9-10-20(11-13)14-6-8-16(22)19-18-14/h6,8,12-13H,1-5,7,9-11H2,(H,17,21)(H,19,22)/t13-/m0/s1. The Balaban J connectivity index is 1.43. The molecular weight excluding hydrogens is 280 g/mol. The summed E-state index contributed by atoms with van der Waals surface area (Å²) in [5.74, 6) is 1.70. The normalized spacial score (nSPS) is 22.2. The van der Waals surface area contributed by atoms with Crippen molar-refractivity contribution in [2.45, 2.75) is 51.0 Å². The van der Waals surface area contributed by atoms with Gasteiger partial charge in [-0.2, -0.15) is 5.10 Å². The van der Waals surface area contributed by atoms with Crippen molar-refractivity contribution in [1.29, 1.82) is 0 Å². The van der Waals surface area contributed by atoms with Crippen molar-refractivity contribution in [2.24, 2.45) is 5.92 Å². The van der Waals surface area contributed by atoms with Gasteiger partial charge in [-0.3, -0.25) is 9.59 Å². The number of carbonyl (C=O) groups is 1. The van der Waals surface area contributed by atoms with E-state index in [0.29, 0.717) is 6.42 Å². The van der Waals surface area contributed by atoms with Gasteiger partial charge in [-0.05, 0) is 24.8 Å². The van der Waals surface area contributed by atoms with Crippen LogP contribution in [0.25, 0.3) is 0 Å². The molecule has 2 heterocycles. The number of aromatic nitrogens is 2. The van der Waals surface area contributed by atoms with Gasteiger partial charge in [-0.25, -0.2) is 5.10 Å². The third-order valence-corrected chi connectivity index (χ3v) is 4.80. The summed E-state index contributed by atoms with van der Waals surface area (Å²) in [6.45, 7) is 1.61. The van der Waals surface area contributed by atoms with Crippen LogP contribution < -0.4 is 15.8 Å². The van der Waals surface area contributed by atoms with Gasteiger partial charge in [0.15, 0.2) is 0 Å².